The third-order valence-corrected chi connectivity index (χ3v) is 7.83. The van der Waals surface area contributed by atoms with Crippen LogP contribution in [0.4, 0.5) is 15.6 Å². The minimum Gasteiger partial charge on any atom is -0.495 e. The van der Waals surface area contributed by atoms with E-state index in [0.29, 0.717) is 42.9 Å². The zero-order chi connectivity index (χ0) is 22.7. The van der Waals surface area contributed by atoms with Gasteiger partial charge in [-0.2, -0.15) is 4.31 Å². The number of benzene rings is 1. The Balaban J connectivity index is 1.48. The molecule has 0 bridgehead atoms. The second-order valence-electron chi connectivity index (χ2n) is 7.11. The van der Waals surface area contributed by atoms with Crippen molar-refractivity contribution in [3.8, 4) is 5.75 Å². The number of hydrogen-bond acceptors (Lipinski definition) is 8. The van der Waals surface area contributed by atoms with Gasteiger partial charge in [-0.15, -0.1) is 11.3 Å². The molecule has 0 atom stereocenters. The number of hydrogen-bond donors (Lipinski definition) is 2. The minimum atomic E-state index is -3.72. The number of thiazole rings is 1. The van der Waals surface area contributed by atoms with Crippen molar-refractivity contribution >= 4 is 44.1 Å². The lowest BCUT2D eigenvalue weighted by molar-refractivity contribution is -0.115. The van der Waals surface area contributed by atoms with Crippen molar-refractivity contribution in [1.82, 2.24) is 14.6 Å². The van der Waals surface area contributed by atoms with Crippen molar-refractivity contribution in [3.63, 3.8) is 0 Å². The molecule has 0 aliphatic carbocycles. The van der Waals surface area contributed by atoms with E-state index >= 15 is 0 Å². The second kappa shape index (κ2) is 9.40. The number of sulfonamides is 1. The molecule has 2 saturated heterocycles. The molecule has 0 saturated carbocycles. The maximum Gasteiger partial charge on any atom is 0.323 e. The van der Waals surface area contributed by atoms with Crippen molar-refractivity contribution in [3.05, 3.63) is 29.3 Å². The maximum absolute atomic E-state index is 12.9. The number of rotatable bonds is 7. The zero-order valence-electron chi connectivity index (χ0n) is 17.4. The predicted molar refractivity (Wildman–Crippen MR) is 118 cm³/mol. The Labute approximate surface area is 189 Å². The molecule has 2 N–H and O–H groups in total. The van der Waals surface area contributed by atoms with Gasteiger partial charge in [-0.3, -0.25) is 9.69 Å². The van der Waals surface area contributed by atoms with Crippen LogP contribution in [0.25, 0.3) is 0 Å². The second-order valence-corrected chi connectivity index (χ2v) is 9.88. The lowest BCUT2D eigenvalue weighted by Crippen LogP contribution is -2.40. The Morgan fingerprint density at radius 3 is 2.78 bits per heavy atom. The molecule has 3 amide bonds. The van der Waals surface area contributed by atoms with Crippen molar-refractivity contribution in [2.75, 3.05) is 56.7 Å². The Morgan fingerprint density at radius 1 is 1.31 bits per heavy atom. The molecule has 0 unspecified atom stereocenters. The summed E-state index contributed by atoms with van der Waals surface area (Å²) in [6.45, 7) is 2.31. The number of aromatic nitrogens is 1. The van der Waals surface area contributed by atoms with Crippen LogP contribution in [0.2, 0.25) is 0 Å². The van der Waals surface area contributed by atoms with Crippen molar-refractivity contribution in [2.45, 2.75) is 11.3 Å². The van der Waals surface area contributed by atoms with Gasteiger partial charge in [0, 0.05) is 31.6 Å². The number of carbonyl (C=O) groups is 2. The van der Waals surface area contributed by atoms with E-state index in [-0.39, 0.29) is 42.0 Å². The highest BCUT2D eigenvalue weighted by Crippen LogP contribution is 2.30. The molecule has 0 radical (unpaired) electrons. The van der Waals surface area contributed by atoms with Gasteiger partial charge in [0.05, 0.1) is 43.0 Å². The van der Waals surface area contributed by atoms with E-state index < -0.39 is 10.0 Å². The fourth-order valence-electron chi connectivity index (χ4n) is 3.40. The first-order valence-electron chi connectivity index (χ1n) is 9.94. The zero-order valence-corrected chi connectivity index (χ0v) is 19.0. The number of nitrogens with zero attached hydrogens (tertiary/aromatic N) is 3. The summed E-state index contributed by atoms with van der Waals surface area (Å²) in [5, 5.41) is 7.66. The quantitative estimate of drug-likeness (QED) is 0.600. The molecule has 32 heavy (non-hydrogen) atoms. The van der Waals surface area contributed by atoms with E-state index in [4.69, 9.17) is 9.47 Å². The average Bonchev–Trinajstić information content (AvgIpc) is 3.42. The summed E-state index contributed by atoms with van der Waals surface area (Å²) in [7, 11) is -2.28. The normalized spacial score (nSPS) is 17.3. The molecule has 3 heterocycles. The first kappa shape index (κ1) is 22.5. The molecule has 2 aliphatic heterocycles. The predicted octanol–water partition coefficient (Wildman–Crippen LogP) is 0.883. The molecule has 1 aromatic heterocycles. The van der Waals surface area contributed by atoms with Crippen molar-refractivity contribution in [2.24, 2.45) is 0 Å². The number of anilines is 2. The fourth-order valence-corrected chi connectivity index (χ4v) is 5.68. The van der Waals surface area contributed by atoms with Crippen LogP contribution in [0.15, 0.2) is 28.5 Å². The van der Waals surface area contributed by atoms with Crippen LogP contribution in [0.3, 0.4) is 0 Å². The Hall–Kier alpha value is -2.74. The first-order chi connectivity index (χ1) is 15.4. The highest BCUT2D eigenvalue weighted by atomic mass is 32.2. The summed E-state index contributed by atoms with van der Waals surface area (Å²) in [6.07, 6.45) is -0.0322. The lowest BCUT2D eigenvalue weighted by Gasteiger charge is -2.26. The SMILES string of the molecule is COc1ccc(S(=O)(=O)N2CCOCC2)cc1NC(=O)Cc1csc(N2CCNC2=O)n1. The number of carbonyl (C=O) groups excluding carboxylic acids is 2. The number of nitrogens with one attached hydrogen (secondary N) is 2. The molecule has 11 nitrogen and oxygen atoms in total. The van der Waals surface area contributed by atoms with Crippen LogP contribution in [0, 0.1) is 0 Å². The van der Waals surface area contributed by atoms with Crippen LogP contribution in [0.1, 0.15) is 5.69 Å². The molecule has 2 aromatic rings. The van der Waals surface area contributed by atoms with Gasteiger partial charge < -0.3 is 20.1 Å². The molecule has 2 fully saturated rings. The first-order valence-corrected chi connectivity index (χ1v) is 12.3. The average molecular weight is 482 g/mol. The number of morpholine rings is 1. The number of amides is 3. The Kier molecular flexibility index (Phi) is 6.60. The van der Waals surface area contributed by atoms with Gasteiger partial charge in [0.1, 0.15) is 5.75 Å². The van der Waals surface area contributed by atoms with E-state index in [2.05, 4.69) is 15.6 Å². The standard InChI is InChI=1S/C19H23N5O6S2/c1-29-16-3-2-14(32(27,28)23-6-8-30-9-7-23)11-15(16)22-17(25)10-13-12-31-19(21-13)24-5-4-20-18(24)26/h2-3,11-12H,4-10H2,1H3,(H,20,26)(H,22,25). The minimum absolute atomic E-state index is 0.0322. The number of urea groups is 1. The van der Waals surface area contributed by atoms with E-state index in [1.807, 2.05) is 0 Å². The van der Waals surface area contributed by atoms with Crippen LogP contribution in [-0.2, 0) is 26.0 Å². The summed E-state index contributed by atoms with van der Waals surface area (Å²) in [5.74, 6) is -0.0427. The highest BCUT2D eigenvalue weighted by molar-refractivity contribution is 7.89. The van der Waals surface area contributed by atoms with Crippen LogP contribution < -0.4 is 20.3 Å². The fraction of sp³-hybridized carbons (Fsp3) is 0.421. The van der Waals surface area contributed by atoms with Gasteiger partial charge in [0.25, 0.3) is 0 Å². The summed E-state index contributed by atoms with van der Waals surface area (Å²) in [4.78, 5) is 30.4. The van der Waals surface area contributed by atoms with Gasteiger partial charge in [0.2, 0.25) is 15.9 Å². The van der Waals surface area contributed by atoms with Crippen LogP contribution in [-0.4, -0.2) is 76.1 Å². The van der Waals surface area contributed by atoms with Gasteiger partial charge in [-0.1, -0.05) is 0 Å². The smallest absolute Gasteiger partial charge is 0.323 e. The van der Waals surface area contributed by atoms with Crippen molar-refractivity contribution < 1.29 is 27.5 Å². The Bertz CT molecular complexity index is 1110. The highest BCUT2D eigenvalue weighted by Gasteiger charge is 2.28. The van der Waals surface area contributed by atoms with Crippen molar-refractivity contribution in [1.29, 1.82) is 0 Å². The molecule has 0 spiro atoms. The van der Waals surface area contributed by atoms with Gasteiger partial charge in [-0.25, -0.2) is 18.2 Å². The Morgan fingerprint density at radius 2 is 2.09 bits per heavy atom. The van der Waals surface area contributed by atoms with Crippen LogP contribution in [0.5, 0.6) is 5.75 Å². The molecule has 13 heteroatoms. The third-order valence-electron chi connectivity index (χ3n) is 5.02. The lowest BCUT2D eigenvalue weighted by atomic mass is 10.2. The number of methoxy groups -OCH3 is 1. The largest absolute Gasteiger partial charge is 0.495 e. The molecule has 2 aliphatic rings. The summed E-state index contributed by atoms with van der Waals surface area (Å²) < 4.78 is 37.8. The van der Waals surface area contributed by atoms with E-state index in [0.717, 1.165) is 0 Å². The van der Waals surface area contributed by atoms with Crippen LogP contribution >= 0.6 is 11.3 Å². The summed E-state index contributed by atoms with van der Waals surface area (Å²) >= 11 is 1.28. The van der Waals surface area contributed by atoms with Gasteiger partial charge in [-0.05, 0) is 18.2 Å². The maximum atomic E-state index is 12.9. The summed E-state index contributed by atoms with van der Waals surface area (Å²) in [5.41, 5.74) is 0.763. The molecular formula is C19H23N5O6S2. The topological polar surface area (TPSA) is 130 Å². The summed E-state index contributed by atoms with van der Waals surface area (Å²) in [6, 6.07) is 4.14. The van der Waals surface area contributed by atoms with E-state index in [1.54, 1.807) is 5.38 Å². The monoisotopic (exact) mass is 481 g/mol. The van der Waals surface area contributed by atoms with E-state index in [9.17, 15) is 18.0 Å². The van der Waals surface area contributed by atoms with Gasteiger partial charge >= 0.3 is 6.03 Å². The van der Waals surface area contributed by atoms with Gasteiger partial charge in [0.15, 0.2) is 5.13 Å². The molecule has 4 rings (SSSR count). The molecule has 1 aromatic carbocycles. The third kappa shape index (κ3) is 4.70. The number of ether oxygens (including phenoxy) is 2. The molecule has 172 valence electrons. The molecular weight excluding hydrogens is 458 g/mol. The van der Waals surface area contributed by atoms with E-state index in [1.165, 1.54) is 45.9 Å².